The third-order valence-corrected chi connectivity index (χ3v) is 3.97. The normalized spacial score (nSPS) is 10.8. The highest BCUT2D eigenvalue weighted by Crippen LogP contribution is 2.35. The van der Waals surface area contributed by atoms with Gasteiger partial charge in [0.15, 0.2) is 0 Å². The van der Waals surface area contributed by atoms with Crippen molar-refractivity contribution in [3.63, 3.8) is 0 Å². The monoisotopic (exact) mass is 270 g/mol. The van der Waals surface area contributed by atoms with E-state index in [4.69, 9.17) is 4.74 Å². The Kier molecular flexibility index (Phi) is 2.79. The number of ether oxygens (including phenoxy) is 1. The average Bonchev–Trinajstić information content (AvgIpc) is 2.59. The Balaban J connectivity index is 2.81. The SMILES string of the molecule is COc1ccc2scc(C)c2c1CBr. The van der Waals surface area contributed by atoms with Gasteiger partial charge in [-0.1, -0.05) is 15.9 Å². The van der Waals surface area contributed by atoms with E-state index in [-0.39, 0.29) is 0 Å². The molecular formula is C11H11BrOS. The molecule has 0 radical (unpaired) electrons. The highest BCUT2D eigenvalue weighted by atomic mass is 79.9. The summed E-state index contributed by atoms with van der Waals surface area (Å²) in [5.41, 5.74) is 2.59. The molecule has 0 aliphatic carbocycles. The van der Waals surface area contributed by atoms with Gasteiger partial charge >= 0.3 is 0 Å². The Bertz CT molecular complexity index is 462. The van der Waals surface area contributed by atoms with Crippen molar-refractivity contribution in [2.45, 2.75) is 12.3 Å². The fraction of sp³-hybridized carbons (Fsp3) is 0.273. The second-order valence-electron chi connectivity index (χ2n) is 3.17. The van der Waals surface area contributed by atoms with Crippen LogP contribution in [0, 0.1) is 6.92 Å². The van der Waals surface area contributed by atoms with Crippen molar-refractivity contribution >= 4 is 37.4 Å². The quantitative estimate of drug-likeness (QED) is 0.747. The van der Waals surface area contributed by atoms with Crippen LogP contribution < -0.4 is 4.74 Å². The maximum absolute atomic E-state index is 5.34. The topological polar surface area (TPSA) is 9.23 Å². The van der Waals surface area contributed by atoms with E-state index in [1.54, 1.807) is 18.4 Å². The van der Waals surface area contributed by atoms with E-state index in [1.165, 1.54) is 21.2 Å². The van der Waals surface area contributed by atoms with E-state index >= 15 is 0 Å². The van der Waals surface area contributed by atoms with Crippen molar-refractivity contribution < 1.29 is 4.74 Å². The first-order valence-corrected chi connectivity index (χ1v) is 6.37. The molecule has 1 aromatic carbocycles. The van der Waals surface area contributed by atoms with Gasteiger partial charge in [0.1, 0.15) is 5.75 Å². The maximum atomic E-state index is 5.34. The van der Waals surface area contributed by atoms with Crippen LogP contribution >= 0.6 is 27.3 Å². The molecule has 0 saturated heterocycles. The van der Waals surface area contributed by atoms with Crippen LogP contribution in [0.2, 0.25) is 0 Å². The van der Waals surface area contributed by atoms with Crippen molar-refractivity contribution in [1.29, 1.82) is 0 Å². The Morgan fingerprint density at radius 1 is 1.43 bits per heavy atom. The lowest BCUT2D eigenvalue weighted by Gasteiger charge is -2.07. The molecule has 14 heavy (non-hydrogen) atoms. The van der Waals surface area contributed by atoms with Gasteiger partial charge in [-0.3, -0.25) is 0 Å². The Labute approximate surface area is 95.8 Å². The highest BCUT2D eigenvalue weighted by Gasteiger charge is 2.10. The number of hydrogen-bond acceptors (Lipinski definition) is 2. The van der Waals surface area contributed by atoms with Gasteiger partial charge in [0, 0.05) is 21.0 Å². The van der Waals surface area contributed by atoms with E-state index in [2.05, 4.69) is 34.3 Å². The number of hydrogen-bond donors (Lipinski definition) is 0. The molecule has 0 saturated carbocycles. The van der Waals surface area contributed by atoms with Crippen LogP contribution in [-0.4, -0.2) is 7.11 Å². The molecule has 2 rings (SSSR count). The van der Waals surface area contributed by atoms with Crippen molar-refractivity contribution in [3.05, 3.63) is 28.6 Å². The summed E-state index contributed by atoms with van der Waals surface area (Å²) in [5.74, 6) is 0.968. The Morgan fingerprint density at radius 2 is 2.21 bits per heavy atom. The Morgan fingerprint density at radius 3 is 2.86 bits per heavy atom. The summed E-state index contributed by atoms with van der Waals surface area (Å²) in [4.78, 5) is 0. The maximum Gasteiger partial charge on any atom is 0.123 e. The molecule has 0 bridgehead atoms. The second kappa shape index (κ2) is 3.91. The number of rotatable bonds is 2. The molecule has 0 aliphatic heterocycles. The van der Waals surface area contributed by atoms with E-state index in [0.717, 1.165) is 11.1 Å². The van der Waals surface area contributed by atoms with Crippen LogP contribution in [0.5, 0.6) is 5.75 Å². The largest absolute Gasteiger partial charge is 0.496 e. The molecule has 74 valence electrons. The lowest BCUT2D eigenvalue weighted by Crippen LogP contribution is -1.90. The summed E-state index contributed by atoms with van der Waals surface area (Å²) in [6.45, 7) is 2.14. The summed E-state index contributed by atoms with van der Waals surface area (Å²) in [6.07, 6.45) is 0. The lowest BCUT2D eigenvalue weighted by atomic mass is 10.1. The van der Waals surface area contributed by atoms with Crippen molar-refractivity contribution in [1.82, 2.24) is 0 Å². The molecule has 0 spiro atoms. The van der Waals surface area contributed by atoms with Crippen molar-refractivity contribution in [3.8, 4) is 5.75 Å². The first-order chi connectivity index (χ1) is 6.77. The van der Waals surface area contributed by atoms with E-state index in [1.807, 2.05) is 6.07 Å². The summed E-state index contributed by atoms with van der Waals surface area (Å²) >= 11 is 5.30. The zero-order valence-corrected chi connectivity index (χ0v) is 10.5. The molecule has 0 aliphatic rings. The first kappa shape index (κ1) is 9.99. The molecule has 0 atom stereocenters. The molecule has 0 amide bonds. The van der Waals surface area contributed by atoms with Gasteiger partial charge < -0.3 is 4.74 Å². The summed E-state index contributed by atoms with van der Waals surface area (Å²) in [5, 5.41) is 4.37. The molecule has 0 unspecified atom stereocenters. The Hall–Kier alpha value is -0.540. The van der Waals surface area contributed by atoms with Gasteiger partial charge in [-0.05, 0) is 30.0 Å². The lowest BCUT2D eigenvalue weighted by molar-refractivity contribution is 0.412. The molecule has 2 aromatic rings. The molecular weight excluding hydrogens is 260 g/mol. The predicted molar refractivity (Wildman–Crippen MR) is 65.7 cm³/mol. The average molecular weight is 271 g/mol. The van der Waals surface area contributed by atoms with Gasteiger partial charge in [0.25, 0.3) is 0 Å². The fourth-order valence-electron chi connectivity index (χ4n) is 1.67. The van der Waals surface area contributed by atoms with Crippen LogP contribution in [0.3, 0.4) is 0 Å². The standard InChI is InChI=1S/C11H11BrOS/c1-7-6-14-10-4-3-9(13-2)8(5-12)11(7)10/h3-4,6H,5H2,1-2H3. The van der Waals surface area contributed by atoms with Crippen LogP contribution in [0.1, 0.15) is 11.1 Å². The van der Waals surface area contributed by atoms with E-state index in [0.29, 0.717) is 0 Å². The van der Waals surface area contributed by atoms with Crippen molar-refractivity contribution in [2.75, 3.05) is 7.11 Å². The zero-order valence-electron chi connectivity index (χ0n) is 8.13. The van der Waals surface area contributed by atoms with Crippen LogP contribution in [0.15, 0.2) is 17.5 Å². The fourth-order valence-corrected chi connectivity index (χ4v) is 3.20. The number of halogens is 1. The van der Waals surface area contributed by atoms with E-state index in [9.17, 15) is 0 Å². The van der Waals surface area contributed by atoms with Gasteiger partial charge in [-0.15, -0.1) is 11.3 Å². The predicted octanol–water partition coefficient (Wildman–Crippen LogP) is 4.11. The van der Waals surface area contributed by atoms with Gasteiger partial charge in [-0.25, -0.2) is 0 Å². The number of thiophene rings is 1. The summed E-state index contributed by atoms with van der Waals surface area (Å²) in [6, 6.07) is 4.16. The number of fused-ring (bicyclic) bond motifs is 1. The van der Waals surface area contributed by atoms with E-state index < -0.39 is 0 Å². The van der Waals surface area contributed by atoms with Crippen LogP contribution in [0.25, 0.3) is 10.1 Å². The number of methoxy groups -OCH3 is 1. The third-order valence-electron chi connectivity index (χ3n) is 2.34. The van der Waals surface area contributed by atoms with Crippen LogP contribution in [0.4, 0.5) is 0 Å². The zero-order chi connectivity index (χ0) is 10.1. The highest BCUT2D eigenvalue weighted by molar-refractivity contribution is 9.08. The molecule has 1 heterocycles. The number of benzene rings is 1. The van der Waals surface area contributed by atoms with Gasteiger partial charge in [0.2, 0.25) is 0 Å². The minimum atomic E-state index is 0.838. The van der Waals surface area contributed by atoms with Gasteiger partial charge in [0.05, 0.1) is 7.11 Å². The second-order valence-corrected chi connectivity index (χ2v) is 4.64. The van der Waals surface area contributed by atoms with Crippen molar-refractivity contribution in [2.24, 2.45) is 0 Å². The first-order valence-electron chi connectivity index (χ1n) is 4.37. The summed E-state index contributed by atoms with van der Waals surface area (Å²) < 4.78 is 6.67. The molecule has 0 fully saturated rings. The number of alkyl halides is 1. The smallest absolute Gasteiger partial charge is 0.123 e. The minimum Gasteiger partial charge on any atom is -0.496 e. The summed E-state index contributed by atoms with van der Waals surface area (Å²) in [7, 11) is 1.72. The van der Waals surface area contributed by atoms with Crippen LogP contribution in [-0.2, 0) is 5.33 Å². The molecule has 0 N–H and O–H groups in total. The molecule has 1 aromatic heterocycles. The third kappa shape index (κ3) is 1.44. The molecule has 3 heteroatoms. The minimum absolute atomic E-state index is 0.838. The van der Waals surface area contributed by atoms with Gasteiger partial charge in [-0.2, -0.15) is 0 Å². The molecule has 1 nitrogen and oxygen atoms in total. The number of aryl methyl sites for hydroxylation is 1.